The van der Waals surface area contributed by atoms with Gasteiger partial charge in [0, 0.05) is 16.1 Å². The molecule has 0 saturated heterocycles. The lowest BCUT2D eigenvalue weighted by atomic mass is 10.2. The Morgan fingerprint density at radius 2 is 1.96 bits per heavy atom. The molecule has 0 radical (unpaired) electrons. The van der Waals surface area contributed by atoms with Crippen LogP contribution in [0.5, 0.6) is 5.75 Å². The minimum absolute atomic E-state index is 0.377. The summed E-state index contributed by atoms with van der Waals surface area (Å²) >= 11 is 17.3. The Kier molecular flexibility index (Phi) is 4.99. The zero-order valence-corrected chi connectivity index (χ0v) is 14.9. The normalized spacial score (nSPS) is 11.1. The van der Waals surface area contributed by atoms with Crippen LogP contribution in [0.25, 0.3) is 11.4 Å². The van der Waals surface area contributed by atoms with Crippen LogP contribution in [0, 0.1) is 4.77 Å². The van der Waals surface area contributed by atoms with Crippen LogP contribution in [0.2, 0.25) is 10.0 Å². The van der Waals surface area contributed by atoms with Crippen molar-refractivity contribution in [3.63, 3.8) is 0 Å². The highest BCUT2D eigenvalue weighted by Crippen LogP contribution is 2.22. The highest BCUT2D eigenvalue weighted by atomic mass is 35.5. The minimum atomic E-state index is 0.377. The SMILES string of the molecule is COc1ccc(-c2n[nH]c(=S)n2N=Cc2ccc(Cl)cc2Cl)cc1. The van der Waals surface area contributed by atoms with Crippen LogP contribution in [0.15, 0.2) is 47.6 Å². The Hall–Kier alpha value is -2.15. The van der Waals surface area contributed by atoms with Gasteiger partial charge in [-0.2, -0.15) is 14.9 Å². The fourth-order valence-corrected chi connectivity index (χ4v) is 2.69. The molecule has 8 heteroatoms. The van der Waals surface area contributed by atoms with Crippen LogP contribution in [-0.2, 0) is 0 Å². The Balaban J connectivity index is 1.98. The zero-order valence-electron chi connectivity index (χ0n) is 12.5. The second kappa shape index (κ2) is 7.17. The molecule has 3 rings (SSSR count). The minimum Gasteiger partial charge on any atom is -0.497 e. The number of aromatic amines is 1. The summed E-state index contributed by atoms with van der Waals surface area (Å²) < 4.78 is 7.06. The maximum Gasteiger partial charge on any atom is 0.216 e. The molecule has 1 heterocycles. The third-order valence-corrected chi connectivity index (χ3v) is 4.10. The molecule has 1 aromatic heterocycles. The van der Waals surface area contributed by atoms with Gasteiger partial charge in [-0.25, -0.2) is 5.10 Å². The van der Waals surface area contributed by atoms with E-state index in [9.17, 15) is 0 Å². The first kappa shape index (κ1) is 16.7. The van der Waals surface area contributed by atoms with Crippen molar-refractivity contribution in [3.05, 3.63) is 62.8 Å². The molecule has 0 fully saturated rings. The van der Waals surface area contributed by atoms with Crippen molar-refractivity contribution in [3.8, 4) is 17.1 Å². The highest BCUT2D eigenvalue weighted by Gasteiger charge is 2.08. The number of ether oxygens (including phenoxy) is 1. The Bertz CT molecular complexity index is 947. The smallest absolute Gasteiger partial charge is 0.216 e. The van der Waals surface area contributed by atoms with Gasteiger partial charge >= 0.3 is 0 Å². The number of aromatic nitrogens is 3. The summed E-state index contributed by atoms with van der Waals surface area (Å²) in [4.78, 5) is 0. The Morgan fingerprint density at radius 3 is 2.62 bits per heavy atom. The molecule has 0 unspecified atom stereocenters. The number of methoxy groups -OCH3 is 1. The molecule has 0 bridgehead atoms. The lowest BCUT2D eigenvalue weighted by Crippen LogP contribution is -1.95. The van der Waals surface area contributed by atoms with E-state index in [1.165, 1.54) is 4.68 Å². The first-order valence-electron chi connectivity index (χ1n) is 6.90. The molecule has 2 aromatic carbocycles. The predicted octanol–water partition coefficient (Wildman–Crippen LogP) is 4.81. The molecular formula is C16H12Cl2N4OS. The van der Waals surface area contributed by atoms with E-state index in [-0.39, 0.29) is 0 Å². The fraction of sp³-hybridized carbons (Fsp3) is 0.0625. The van der Waals surface area contributed by atoms with Gasteiger partial charge in [-0.3, -0.25) is 0 Å². The van der Waals surface area contributed by atoms with E-state index >= 15 is 0 Å². The monoisotopic (exact) mass is 378 g/mol. The summed E-state index contributed by atoms with van der Waals surface area (Å²) in [7, 11) is 1.62. The molecule has 0 aliphatic rings. The van der Waals surface area contributed by atoms with Gasteiger partial charge in [-0.1, -0.05) is 29.3 Å². The van der Waals surface area contributed by atoms with Crippen molar-refractivity contribution < 1.29 is 4.74 Å². The second-order valence-corrected chi connectivity index (χ2v) is 6.03. The summed E-state index contributed by atoms with van der Waals surface area (Å²) in [6.45, 7) is 0. The van der Waals surface area contributed by atoms with E-state index in [4.69, 9.17) is 40.2 Å². The van der Waals surface area contributed by atoms with E-state index in [0.717, 1.165) is 16.9 Å². The van der Waals surface area contributed by atoms with E-state index in [2.05, 4.69) is 15.3 Å². The summed E-state index contributed by atoms with van der Waals surface area (Å²) in [6.07, 6.45) is 1.61. The first-order chi connectivity index (χ1) is 11.6. The molecule has 5 nitrogen and oxygen atoms in total. The van der Waals surface area contributed by atoms with Gasteiger partial charge in [0.05, 0.1) is 18.3 Å². The number of hydrogen-bond acceptors (Lipinski definition) is 4. The highest BCUT2D eigenvalue weighted by molar-refractivity contribution is 7.71. The predicted molar refractivity (Wildman–Crippen MR) is 98.9 cm³/mol. The summed E-state index contributed by atoms with van der Waals surface area (Å²) in [5.74, 6) is 1.35. The number of nitrogens with one attached hydrogen (secondary N) is 1. The molecule has 122 valence electrons. The van der Waals surface area contributed by atoms with Gasteiger partial charge in [-0.05, 0) is 48.6 Å². The molecule has 24 heavy (non-hydrogen) atoms. The van der Waals surface area contributed by atoms with Crippen LogP contribution in [0.1, 0.15) is 5.56 Å². The maximum atomic E-state index is 6.15. The molecule has 0 saturated carbocycles. The third kappa shape index (κ3) is 3.51. The maximum absolute atomic E-state index is 6.15. The van der Waals surface area contributed by atoms with Crippen LogP contribution >= 0.6 is 35.4 Å². The number of halogens is 2. The first-order valence-corrected chi connectivity index (χ1v) is 8.06. The molecule has 0 amide bonds. The van der Waals surface area contributed by atoms with Crippen molar-refractivity contribution in [2.24, 2.45) is 5.10 Å². The summed E-state index contributed by atoms with van der Waals surface area (Å²) in [5.41, 5.74) is 1.58. The van der Waals surface area contributed by atoms with Gasteiger partial charge in [0.1, 0.15) is 5.75 Å². The molecule has 3 aromatic rings. The zero-order chi connectivity index (χ0) is 17.1. The van der Waals surface area contributed by atoms with Crippen LogP contribution in [0.3, 0.4) is 0 Å². The van der Waals surface area contributed by atoms with Crippen molar-refractivity contribution in [2.45, 2.75) is 0 Å². The Labute approximate surface area is 153 Å². The lowest BCUT2D eigenvalue weighted by molar-refractivity contribution is 0.415. The molecule has 0 aliphatic heterocycles. The third-order valence-electron chi connectivity index (χ3n) is 3.27. The Morgan fingerprint density at radius 1 is 1.21 bits per heavy atom. The molecule has 0 aliphatic carbocycles. The topological polar surface area (TPSA) is 55.2 Å². The van der Waals surface area contributed by atoms with Gasteiger partial charge in [0.25, 0.3) is 0 Å². The number of H-pyrrole nitrogens is 1. The van der Waals surface area contributed by atoms with Crippen molar-refractivity contribution in [1.29, 1.82) is 0 Å². The fourth-order valence-electron chi connectivity index (χ4n) is 2.05. The van der Waals surface area contributed by atoms with Crippen LogP contribution < -0.4 is 4.74 Å². The summed E-state index contributed by atoms with van der Waals surface area (Å²) in [5, 5.41) is 12.4. The van der Waals surface area contributed by atoms with Gasteiger partial charge in [0.2, 0.25) is 4.77 Å². The number of hydrogen-bond donors (Lipinski definition) is 1. The van der Waals surface area contributed by atoms with E-state index in [1.807, 2.05) is 24.3 Å². The number of benzene rings is 2. The van der Waals surface area contributed by atoms with Crippen molar-refractivity contribution in [1.82, 2.24) is 14.9 Å². The quantitative estimate of drug-likeness (QED) is 0.523. The molecular weight excluding hydrogens is 367 g/mol. The standard InChI is InChI=1S/C16H12Cl2N4OS/c1-23-13-6-3-10(4-7-13)15-20-21-16(24)22(15)19-9-11-2-5-12(17)8-14(11)18/h2-9H,1H3,(H,21,24). The van der Waals surface area contributed by atoms with Crippen LogP contribution in [0.4, 0.5) is 0 Å². The lowest BCUT2D eigenvalue weighted by Gasteiger charge is -2.03. The average molecular weight is 379 g/mol. The second-order valence-electron chi connectivity index (χ2n) is 4.80. The van der Waals surface area contributed by atoms with E-state index in [1.54, 1.807) is 31.5 Å². The molecule has 0 atom stereocenters. The molecule has 1 N–H and O–H groups in total. The summed E-state index contributed by atoms with van der Waals surface area (Å²) in [6, 6.07) is 12.6. The largest absolute Gasteiger partial charge is 0.497 e. The van der Waals surface area contributed by atoms with Crippen LogP contribution in [-0.4, -0.2) is 28.2 Å². The van der Waals surface area contributed by atoms with Crippen molar-refractivity contribution >= 4 is 41.6 Å². The van der Waals surface area contributed by atoms with Crippen molar-refractivity contribution in [2.75, 3.05) is 7.11 Å². The number of nitrogens with zero attached hydrogens (tertiary/aromatic N) is 3. The van der Waals surface area contributed by atoms with Gasteiger partial charge in [-0.15, -0.1) is 0 Å². The average Bonchev–Trinajstić information content (AvgIpc) is 2.95. The van der Waals surface area contributed by atoms with Gasteiger partial charge < -0.3 is 4.74 Å². The van der Waals surface area contributed by atoms with E-state index < -0.39 is 0 Å². The molecule has 0 spiro atoms. The van der Waals surface area contributed by atoms with Gasteiger partial charge in [0.15, 0.2) is 5.82 Å². The number of rotatable bonds is 4. The van der Waals surface area contributed by atoms with E-state index in [0.29, 0.717) is 20.6 Å².